The molecule has 0 aromatic heterocycles. The van der Waals surface area contributed by atoms with E-state index in [1.807, 2.05) is 0 Å². The summed E-state index contributed by atoms with van der Waals surface area (Å²) >= 11 is 0. The van der Waals surface area contributed by atoms with E-state index in [0.29, 0.717) is 0 Å². The van der Waals surface area contributed by atoms with Crippen molar-refractivity contribution in [3.63, 3.8) is 0 Å². The lowest BCUT2D eigenvalue weighted by Gasteiger charge is -2.48. The summed E-state index contributed by atoms with van der Waals surface area (Å²) in [6.07, 6.45) is 0.889. The van der Waals surface area contributed by atoms with Crippen LogP contribution in [0.2, 0.25) is 0 Å². The Kier molecular flexibility index (Phi) is 9.96. The lowest BCUT2D eigenvalue weighted by Crippen LogP contribution is -2.34. The highest BCUT2D eigenvalue weighted by Crippen LogP contribution is 2.65. The van der Waals surface area contributed by atoms with Crippen molar-refractivity contribution in [3.8, 4) is 11.1 Å². The van der Waals surface area contributed by atoms with Crippen molar-refractivity contribution in [3.05, 3.63) is 231 Å². The molecule has 71 heavy (non-hydrogen) atoms. The second kappa shape index (κ2) is 15.7. The van der Waals surface area contributed by atoms with Crippen LogP contribution in [0.1, 0.15) is 138 Å². The molecule has 0 amide bonds. The van der Waals surface area contributed by atoms with Gasteiger partial charge in [0.15, 0.2) is 0 Å². The molecule has 12 rings (SSSR count). The number of benzene rings is 8. The summed E-state index contributed by atoms with van der Waals surface area (Å²) in [5.41, 5.74) is 28.1. The maximum Gasteiger partial charge on any atom is 0.0542 e. The Bertz CT molecular complexity index is 3480. The highest BCUT2D eigenvalue weighted by atomic mass is 15.2. The molecule has 3 nitrogen and oxygen atoms in total. The highest BCUT2D eigenvalue weighted by molar-refractivity contribution is 6.05. The van der Waals surface area contributed by atoms with E-state index >= 15 is 0 Å². The molecule has 1 aliphatic carbocycles. The standard InChI is InChI=1S/C68H67N3/c1-42-35-60-63-61(36-42)71(56-34-33-47(67(8,9)10)38-50(56)43-27-30-45(31-28-43)65(2,3)4)58-41-59-55(68(11,12)54-25-19-20-26-57(54)69(59)48-21-15-13-16-22-48)40-52(58)62(63)53-37-44-29-32-46(66(5,6)7)39-51(44)64(53)70(60)49-23-17-14-18-24-49/h13-36,38-41,62H,37H2,1-12H3. The zero-order valence-corrected chi connectivity index (χ0v) is 43.8. The Hall–Kier alpha value is -7.10. The van der Waals surface area contributed by atoms with Crippen LogP contribution in [0.4, 0.5) is 45.5 Å². The summed E-state index contributed by atoms with van der Waals surface area (Å²) in [4.78, 5) is 7.83. The van der Waals surface area contributed by atoms with Gasteiger partial charge in [0.25, 0.3) is 0 Å². The topological polar surface area (TPSA) is 9.72 Å². The molecule has 354 valence electrons. The van der Waals surface area contributed by atoms with Crippen LogP contribution in [-0.2, 0) is 28.1 Å². The van der Waals surface area contributed by atoms with E-state index in [2.05, 4.69) is 268 Å². The number of fused-ring (bicyclic) bond motifs is 7. The summed E-state index contributed by atoms with van der Waals surface area (Å²) < 4.78 is 0. The Balaban J connectivity index is 1.22. The van der Waals surface area contributed by atoms with Gasteiger partial charge in [-0.15, -0.1) is 0 Å². The molecule has 1 unspecified atom stereocenters. The first kappa shape index (κ1) is 45.1. The summed E-state index contributed by atoms with van der Waals surface area (Å²) in [6, 6.07) is 65.5. The molecule has 1 atom stereocenters. The molecule has 0 bridgehead atoms. The largest absolute Gasteiger partial charge is 0.310 e. The van der Waals surface area contributed by atoms with E-state index in [0.717, 1.165) is 12.1 Å². The monoisotopic (exact) mass is 926 g/mol. The van der Waals surface area contributed by atoms with Crippen LogP contribution in [0.25, 0.3) is 16.8 Å². The molecule has 8 aromatic carbocycles. The fourth-order valence-corrected chi connectivity index (χ4v) is 12.3. The predicted octanol–water partition coefficient (Wildman–Crippen LogP) is 18.7. The van der Waals surface area contributed by atoms with Gasteiger partial charge in [-0.05, 0) is 158 Å². The number of nitrogens with zero attached hydrogens (tertiary/aromatic N) is 3. The average Bonchev–Trinajstić information content (AvgIpc) is 3.72. The van der Waals surface area contributed by atoms with Crippen LogP contribution >= 0.6 is 0 Å². The van der Waals surface area contributed by atoms with Crippen molar-refractivity contribution in [2.24, 2.45) is 0 Å². The predicted molar refractivity (Wildman–Crippen MR) is 302 cm³/mol. The molecular weight excluding hydrogens is 859 g/mol. The minimum absolute atomic E-state index is 0.00304. The van der Waals surface area contributed by atoms with Crippen molar-refractivity contribution < 1.29 is 0 Å². The normalized spacial score (nSPS) is 16.5. The SMILES string of the molecule is Cc1cc2c3c(c1)N(c1ccc(C(C)(C)C)cc1-c1ccc(C(C)(C)C)cc1)c1cc4c(cc1C3C1=C(c3cc(C(C)(C)C)ccc3C1)N2c1ccccc1)C(C)(C)c1ccccc1N4c1ccccc1. The Morgan fingerprint density at radius 1 is 0.437 bits per heavy atom. The molecule has 8 aromatic rings. The maximum absolute atomic E-state index is 2.67. The smallest absolute Gasteiger partial charge is 0.0542 e. The van der Waals surface area contributed by atoms with Crippen LogP contribution in [0.3, 0.4) is 0 Å². The van der Waals surface area contributed by atoms with Crippen LogP contribution in [0.15, 0.2) is 175 Å². The molecule has 0 radical (unpaired) electrons. The molecule has 0 saturated heterocycles. The first-order chi connectivity index (χ1) is 33.8. The van der Waals surface area contributed by atoms with Gasteiger partial charge in [0.05, 0.1) is 39.8 Å². The molecule has 0 fully saturated rings. The van der Waals surface area contributed by atoms with Gasteiger partial charge in [0.2, 0.25) is 0 Å². The van der Waals surface area contributed by atoms with Gasteiger partial charge >= 0.3 is 0 Å². The number of para-hydroxylation sites is 3. The van der Waals surface area contributed by atoms with Crippen LogP contribution < -0.4 is 14.7 Å². The third-order valence-corrected chi connectivity index (χ3v) is 16.2. The van der Waals surface area contributed by atoms with E-state index in [-0.39, 0.29) is 27.6 Å². The Labute approximate surface area is 423 Å². The van der Waals surface area contributed by atoms with Gasteiger partial charge in [-0.3, -0.25) is 0 Å². The Morgan fingerprint density at radius 3 is 1.62 bits per heavy atom. The van der Waals surface area contributed by atoms with Gasteiger partial charge < -0.3 is 14.7 Å². The Morgan fingerprint density at radius 2 is 0.986 bits per heavy atom. The van der Waals surface area contributed by atoms with Crippen LogP contribution in [-0.4, -0.2) is 0 Å². The van der Waals surface area contributed by atoms with Crippen molar-refractivity contribution in [1.29, 1.82) is 0 Å². The van der Waals surface area contributed by atoms with E-state index in [9.17, 15) is 0 Å². The van der Waals surface area contributed by atoms with Crippen molar-refractivity contribution in [2.75, 3.05) is 14.7 Å². The molecule has 0 saturated carbocycles. The second-order valence-corrected chi connectivity index (χ2v) is 24.4. The van der Waals surface area contributed by atoms with E-state index in [1.165, 1.54) is 118 Å². The summed E-state index contributed by atoms with van der Waals surface area (Å²) in [5.74, 6) is 0.0131. The second-order valence-electron chi connectivity index (χ2n) is 24.4. The number of allylic oxidation sites excluding steroid dienone is 1. The van der Waals surface area contributed by atoms with E-state index in [1.54, 1.807) is 0 Å². The van der Waals surface area contributed by atoms with Crippen molar-refractivity contribution >= 4 is 51.2 Å². The zero-order valence-electron chi connectivity index (χ0n) is 43.8. The molecular formula is C68H67N3. The third kappa shape index (κ3) is 7.05. The third-order valence-electron chi connectivity index (χ3n) is 16.2. The molecule has 3 aliphatic heterocycles. The molecule has 3 heteroatoms. The molecule has 3 heterocycles. The first-order valence-corrected chi connectivity index (χ1v) is 25.8. The molecule has 0 spiro atoms. The van der Waals surface area contributed by atoms with Gasteiger partial charge in [-0.25, -0.2) is 0 Å². The minimum atomic E-state index is -0.288. The lowest BCUT2D eigenvalue weighted by atomic mass is 9.69. The van der Waals surface area contributed by atoms with Gasteiger partial charge in [0.1, 0.15) is 0 Å². The number of hydrogen-bond acceptors (Lipinski definition) is 3. The first-order valence-electron chi connectivity index (χ1n) is 25.8. The van der Waals surface area contributed by atoms with Gasteiger partial charge in [-0.2, -0.15) is 0 Å². The lowest BCUT2D eigenvalue weighted by molar-refractivity contribution is 0.589. The van der Waals surface area contributed by atoms with E-state index < -0.39 is 0 Å². The molecule has 0 N–H and O–H groups in total. The highest BCUT2D eigenvalue weighted by Gasteiger charge is 2.48. The fourth-order valence-electron chi connectivity index (χ4n) is 12.3. The van der Waals surface area contributed by atoms with Gasteiger partial charge in [0, 0.05) is 39.4 Å². The zero-order chi connectivity index (χ0) is 49.5. The van der Waals surface area contributed by atoms with Crippen molar-refractivity contribution in [1.82, 2.24) is 0 Å². The maximum atomic E-state index is 2.67. The van der Waals surface area contributed by atoms with E-state index in [4.69, 9.17) is 0 Å². The van der Waals surface area contributed by atoms with Crippen LogP contribution in [0, 0.1) is 6.92 Å². The van der Waals surface area contributed by atoms with Crippen LogP contribution in [0.5, 0.6) is 0 Å². The number of hydrogen-bond donors (Lipinski definition) is 0. The number of rotatable bonds is 4. The fraction of sp³-hybridized carbons (Fsp3) is 0.265. The number of anilines is 8. The summed E-state index contributed by atoms with van der Waals surface area (Å²) in [5, 5.41) is 0. The van der Waals surface area contributed by atoms with Gasteiger partial charge in [-0.1, -0.05) is 173 Å². The van der Waals surface area contributed by atoms with Crippen molar-refractivity contribution in [2.45, 2.75) is 117 Å². The summed E-state index contributed by atoms with van der Waals surface area (Å²) in [7, 11) is 0. The summed E-state index contributed by atoms with van der Waals surface area (Å²) in [6.45, 7) is 28.1. The quantitative estimate of drug-likeness (QED) is 0.174. The number of aryl methyl sites for hydroxylation is 1. The average molecular weight is 926 g/mol. The minimum Gasteiger partial charge on any atom is -0.310 e. The molecule has 4 aliphatic rings.